The Morgan fingerprint density at radius 1 is 0.931 bits per heavy atom. The van der Waals surface area contributed by atoms with E-state index in [9.17, 15) is 4.79 Å². The SMILES string of the molecule is O=C(Nc1cccc(Cl)c1)N1CCN(c2ccc(Nc3ccccn3)nn2)CC1. The summed E-state index contributed by atoms with van der Waals surface area (Å²) in [5.74, 6) is 2.13. The molecular formula is C20H20ClN7O. The minimum absolute atomic E-state index is 0.132. The number of rotatable bonds is 4. The van der Waals surface area contributed by atoms with Crippen LogP contribution in [0.5, 0.6) is 0 Å². The van der Waals surface area contributed by atoms with Crippen molar-refractivity contribution in [2.45, 2.75) is 0 Å². The van der Waals surface area contributed by atoms with Crippen LogP contribution in [-0.2, 0) is 0 Å². The quantitative estimate of drug-likeness (QED) is 0.684. The van der Waals surface area contributed by atoms with Crippen LogP contribution in [0.3, 0.4) is 0 Å². The van der Waals surface area contributed by atoms with Gasteiger partial charge in [0.25, 0.3) is 0 Å². The summed E-state index contributed by atoms with van der Waals surface area (Å²) < 4.78 is 0. The number of carbonyl (C=O) groups is 1. The Hall–Kier alpha value is -3.39. The van der Waals surface area contributed by atoms with Crippen LogP contribution < -0.4 is 15.5 Å². The van der Waals surface area contributed by atoms with Gasteiger partial charge >= 0.3 is 6.03 Å². The van der Waals surface area contributed by atoms with E-state index in [2.05, 4.69) is 30.7 Å². The average Bonchev–Trinajstić information content (AvgIpc) is 2.75. The van der Waals surface area contributed by atoms with Gasteiger partial charge in [-0.25, -0.2) is 9.78 Å². The van der Waals surface area contributed by atoms with Crippen LogP contribution in [-0.4, -0.2) is 52.3 Å². The van der Waals surface area contributed by atoms with Gasteiger partial charge < -0.3 is 20.4 Å². The van der Waals surface area contributed by atoms with E-state index >= 15 is 0 Å². The van der Waals surface area contributed by atoms with Crippen LogP contribution in [0, 0.1) is 0 Å². The number of pyridine rings is 1. The van der Waals surface area contributed by atoms with Gasteiger partial charge in [-0.3, -0.25) is 0 Å². The minimum atomic E-state index is -0.132. The zero-order valence-corrected chi connectivity index (χ0v) is 16.4. The van der Waals surface area contributed by atoms with Crippen LogP contribution in [0.15, 0.2) is 60.8 Å². The lowest BCUT2D eigenvalue weighted by Gasteiger charge is -2.35. The molecule has 29 heavy (non-hydrogen) atoms. The number of nitrogens with one attached hydrogen (secondary N) is 2. The highest BCUT2D eigenvalue weighted by Gasteiger charge is 2.22. The number of benzene rings is 1. The molecule has 1 aromatic carbocycles. The van der Waals surface area contributed by atoms with Crippen LogP contribution in [0.1, 0.15) is 0 Å². The van der Waals surface area contributed by atoms with Crippen LogP contribution in [0.2, 0.25) is 5.02 Å². The topological polar surface area (TPSA) is 86.3 Å². The fourth-order valence-electron chi connectivity index (χ4n) is 3.04. The molecule has 3 heterocycles. The van der Waals surface area contributed by atoms with Crippen molar-refractivity contribution in [3.8, 4) is 0 Å². The summed E-state index contributed by atoms with van der Waals surface area (Å²) in [5, 5.41) is 15.1. The molecule has 148 valence electrons. The van der Waals surface area contributed by atoms with Crippen molar-refractivity contribution in [3.05, 3.63) is 65.8 Å². The maximum absolute atomic E-state index is 12.5. The largest absolute Gasteiger partial charge is 0.352 e. The van der Waals surface area contributed by atoms with Crippen LogP contribution in [0.4, 0.5) is 27.9 Å². The molecule has 0 aliphatic carbocycles. The van der Waals surface area contributed by atoms with E-state index in [1.807, 2.05) is 36.4 Å². The zero-order chi connectivity index (χ0) is 20.1. The van der Waals surface area contributed by atoms with Crippen molar-refractivity contribution in [1.29, 1.82) is 0 Å². The van der Waals surface area contributed by atoms with Crippen molar-refractivity contribution in [2.75, 3.05) is 41.7 Å². The van der Waals surface area contributed by atoms with Gasteiger partial charge in [-0.1, -0.05) is 23.7 Å². The molecule has 0 atom stereocenters. The molecule has 8 nitrogen and oxygen atoms in total. The number of halogens is 1. The van der Waals surface area contributed by atoms with Gasteiger partial charge in [-0.2, -0.15) is 0 Å². The lowest BCUT2D eigenvalue weighted by atomic mass is 10.3. The number of nitrogens with zero attached hydrogens (tertiary/aromatic N) is 5. The molecule has 0 bridgehead atoms. The molecule has 3 aromatic rings. The fourth-order valence-corrected chi connectivity index (χ4v) is 3.23. The number of hydrogen-bond donors (Lipinski definition) is 2. The Morgan fingerprint density at radius 2 is 1.79 bits per heavy atom. The summed E-state index contributed by atoms with van der Waals surface area (Å²) in [6.45, 7) is 2.57. The molecule has 2 amide bonds. The number of piperazine rings is 1. The second-order valence-electron chi connectivity index (χ2n) is 6.53. The summed E-state index contributed by atoms with van der Waals surface area (Å²) in [7, 11) is 0. The lowest BCUT2D eigenvalue weighted by Crippen LogP contribution is -2.50. The molecule has 0 unspecified atom stereocenters. The van der Waals surface area contributed by atoms with E-state index in [1.165, 1.54) is 0 Å². The molecule has 1 aliphatic heterocycles. The first-order chi connectivity index (χ1) is 14.2. The molecule has 9 heteroatoms. The maximum atomic E-state index is 12.5. The van der Waals surface area contributed by atoms with E-state index < -0.39 is 0 Å². The van der Waals surface area contributed by atoms with Crippen molar-refractivity contribution >= 4 is 40.8 Å². The summed E-state index contributed by atoms with van der Waals surface area (Å²) >= 11 is 5.97. The van der Waals surface area contributed by atoms with E-state index in [4.69, 9.17) is 11.6 Å². The standard InChI is InChI=1S/C20H20ClN7O/c21-15-4-3-5-16(14-15)23-20(29)28-12-10-27(11-13-28)19-8-7-18(25-26-19)24-17-6-1-2-9-22-17/h1-9,14H,10-13H2,(H,23,29)(H,22,24,25). The lowest BCUT2D eigenvalue weighted by molar-refractivity contribution is 0.208. The van der Waals surface area contributed by atoms with Crippen LogP contribution in [0.25, 0.3) is 0 Å². The normalized spacial score (nSPS) is 13.8. The van der Waals surface area contributed by atoms with E-state index in [0.29, 0.717) is 48.5 Å². The monoisotopic (exact) mass is 409 g/mol. The van der Waals surface area contributed by atoms with Crippen LogP contribution >= 0.6 is 11.6 Å². The first kappa shape index (κ1) is 18.9. The number of carbonyl (C=O) groups excluding carboxylic acids is 1. The molecule has 1 fully saturated rings. The molecule has 1 aliphatic rings. The second-order valence-corrected chi connectivity index (χ2v) is 6.97. The third kappa shape index (κ3) is 4.91. The van der Waals surface area contributed by atoms with Gasteiger partial charge in [0.1, 0.15) is 5.82 Å². The first-order valence-electron chi connectivity index (χ1n) is 9.25. The Bertz CT molecular complexity index is 960. The number of hydrogen-bond acceptors (Lipinski definition) is 6. The van der Waals surface area contributed by atoms with Crippen molar-refractivity contribution in [1.82, 2.24) is 20.1 Å². The third-order valence-corrected chi connectivity index (χ3v) is 4.77. The Balaban J connectivity index is 1.30. The predicted molar refractivity (Wildman–Crippen MR) is 114 cm³/mol. The maximum Gasteiger partial charge on any atom is 0.321 e. The highest BCUT2D eigenvalue weighted by atomic mass is 35.5. The van der Waals surface area contributed by atoms with E-state index in [-0.39, 0.29) is 6.03 Å². The molecule has 2 aromatic heterocycles. The summed E-state index contributed by atoms with van der Waals surface area (Å²) in [4.78, 5) is 20.5. The predicted octanol–water partition coefficient (Wildman–Crippen LogP) is 3.62. The first-order valence-corrected chi connectivity index (χ1v) is 9.63. The summed E-state index contributed by atoms with van der Waals surface area (Å²) in [6, 6.07) is 16.4. The number of amides is 2. The van der Waals surface area contributed by atoms with Gasteiger partial charge in [0.05, 0.1) is 0 Å². The van der Waals surface area contributed by atoms with Gasteiger partial charge in [0.2, 0.25) is 0 Å². The summed E-state index contributed by atoms with van der Waals surface area (Å²) in [6.07, 6.45) is 1.71. The highest BCUT2D eigenvalue weighted by molar-refractivity contribution is 6.30. The molecule has 2 N–H and O–H groups in total. The highest BCUT2D eigenvalue weighted by Crippen LogP contribution is 2.18. The molecular weight excluding hydrogens is 390 g/mol. The molecule has 0 spiro atoms. The Labute approximate surface area is 173 Å². The molecule has 4 rings (SSSR count). The molecule has 1 saturated heterocycles. The van der Waals surface area contributed by atoms with Crippen molar-refractivity contribution in [3.63, 3.8) is 0 Å². The third-order valence-electron chi connectivity index (χ3n) is 4.54. The summed E-state index contributed by atoms with van der Waals surface area (Å²) in [5.41, 5.74) is 0.687. The number of aromatic nitrogens is 3. The van der Waals surface area contributed by atoms with Gasteiger partial charge in [-0.15, -0.1) is 10.2 Å². The van der Waals surface area contributed by atoms with E-state index in [1.54, 1.807) is 29.3 Å². The minimum Gasteiger partial charge on any atom is -0.352 e. The van der Waals surface area contributed by atoms with E-state index in [0.717, 1.165) is 5.82 Å². The average molecular weight is 410 g/mol. The van der Waals surface area contributed by atoms with Gasteiger partial charge in [0, 0.05) is 43.1 Å². The van der Waals surface area contributed by atoms with Gasteiger partial charge in [-0.05, 0) is 42.5 Å². The second kappa shape index (κ2) is 8.74. The Morgan fingerprint density at radius 3 is 2.48 bits per heavy atom. The van der Waals surface area contributed by atoms with Crippen molar-refractivity contribution < 1.29 is 4.79 Å². The molecule has 0 saturated carbocycles. The fraction of sp³-hybridized carbons (Fsp3) is 0.200. The van der Waals surface area contributed by atoms with Crippen molar-refractivity contribution in [2.24, 2.45) is 0 Å². The number of anilines is 4. The smallest absolute Gasteiger partial charge is 0.321 e. The van der Waals surface area contributed by atoms with Gasteiger partial charge in [0.15, 0.2) is 11.6 Å². The Kier molecular flexibility index (Phi) is 5.71. The molecule has 0 radical (unpaired) electrons. The zero-order valence-electron chi connectivity index (χ0n) is 15.6. The number of urea groups is 1.